The Hall–Kier alpha value is -0.413. The van der Waals surface area contributed by atoms with Crippen LogP contribution in [0.4, 0.5) is 0 Å². The Bertz CT molecular complexity index is 427. The van der Waals surface area contributed by atoms with Crippen molar-refractivity contribution in [1.29, 1.82) is 0 Å². The van der Waals surface area contributed by atoms with Gasteiger partial charge in [0.05, 0.1) is 6.10 Å². The summed E-state index contributed by atoms with van der Waals surface area (Å²) in [6.07, 6.45) is 3.34. The maximum atomic E-state index is 12.6. The van der Waals surface area contributed by atoms with Crippen LogP contribution in [0.3, 0.4) is 0 Å². The summed E-state index contributed by atoms with van der Waals surface area (Å²) >= 11 is 0. The normalized spacial score (nSPS) is 23.0. The zero-order valence-electron chi connectivity index (χ0n) is 16.8. The number of allylic oxidation sites excluding steroid dienone is 1. The molecule has 0 fully saturated rings. The van der Waals surface area contributed by atoms with Gasteiger partial charge in [-0.15, -0.1) is 0 Å². The molecule has 0 unspecified atom stereocenters. The summed E-state index contributed by atoms with van der Waals surface area (Å²) in [7, 11) is -1.96. The molecule has 23 heavy (non-hydrogen) atoms. The Balaban J connectivity index is 3.22. The molecule has 1 aliphatic carbocycles. The molecule has 2 atom stereocenters. The Labute approximate surface area is 145 Å². The maximum absolute atomic E-state index is 12.6. The molecule has 1 rings (SSSR count). The minimum Gasteiger partial charge on any atom is -0.409 e. The van der Waals surface area contributed by atoms with Crippen molar-refractivity contribution in [2.45, 2.75) is 104 Å². The fraction of sp³-hybridized carbons (Fsp3) is 0.850. The minimum absolute atomic E-state index is 0.00928. The van der Waals surface area contributed by atoms with E-state index >= 15 is 0 Å². The first-order valence-corrected chi connectivity index (χ1v) is 11.7. The van der Waals surface area contributed by atoms with E-state index in [1.165, 1.54) is 5.57 Å². The standard InChI is InChI=1S/C20H38O2Si/c1-10-11-12-18-16(8)19(21)17(9)20(18)22-23(13(2)3,14(4)5)15(6)7/h13-15,17,20H,10-12H2,1-9H3/t17-,20-/m0/s1. The Morgan fingerprint density at radius 3 is 1.91 bits per heavy atom. The van der Waals surface area contributed by atoms with E-state index in [0.29, 0.717) is 22.4 Å². The third-order valence-corrected chi connectivity index (χ3v) is 12.0. The fourth-order valence-corrected chi connectivity index (χ4v) is 10.3. The van der Waals surface area contributed by atoms with E-state index in [9.17, 15) is 4.79 Å². The lowest BCUT2D eigenvalue weighted by Crippen LogP contribution is -2.51. The molecule has 3 heteroatoms. The smallest absolute Gasteiger partial charge is 0.201 e. The van der Waals surface area contributed by atoms with Gasteiger partial charge in [-0.2, -0.15) is 0 Å². The zero-order valence-corrected chi connectivity index (χ0v) is 17.8. The average Bonchev–Trinajstić information content (AvgIpc) is 2.65. The fourth-order valence-electron chi connectivity index (χ4n) is 4.65. The molecule has 0 bridgehead atoms. The van der Waals surface area contributed by atoms with Crippen molar-refractivity contribution in [3.8, 4) is 0 Å². The Kier molecular flexibility index (Phi) is 7.27. The van der Waals surface area contributed by atoms with Crippen molar-refractivity contribution < 1.29 is 9.22 Å². The maximum Gasteiger partial charge on any atom is 0.201 e. The summed E-state index contributed by atoms with van der Waals surface area (Å²) in [6.45, 7) is 20.2. The number of ketones is 1. The van der Waals surface area contributed by atoms with Gasteiger partial charge in [-0.05, 0) is 47.5 Å². The van der Waals surface area contributed by atoms with Gasteiger partial charge in [0.2, 0.25) is 8.32 Å². The summed E-state index contributed by atoms with van der Waals surface area (Å²) in [5.74, 6) is 0.297. The highest BCUT2D eigenvalue weighted by atomic mass is 28.4. The summed E-state index contributed by atoms with van der Waals surface area (Å²) in [5.41, 5.74) is 3.94. The summed E-state index contributed by atoms with van der Waals surface area (Å²) in [6, 6.07) is 0. The van der Waals surface area contributed by atoms with Crippen molar-refractivity contribution in [2.24, 2.45) is 5.92 Å². The largest absolute Gasteiger partial charge is 0.409 e. The molecule has 2 nitrogen and oxygen atoms in total. The molecule has 0 aromatic rings. The lowest BCUT2D eigenvalue weighted by atomic mass is 10.0. The third-order valence-electron chi connectivity index (χ3n) is 5.90. The van der Waals surface area contributed by atoms with Crippen LogP contribution in [0.1, 0.15) is 81.6 Å². The molecule has 0 aromatic heterocycles. The van der Waals surface area contributed by atoms with Gasteiger partial charge in [0.25, 0.3) is 0 Å². The van der Waals surface area contributed by atoms with Crippen molar-refractivity contribution in [3.63, 3.8) is 0 Å². The molecule has 0 radical (unpaired) electrons. The molecule has 0 saturated heterocycles. The number of carbonyl (C=O) groups is 1. The lowest BCUT2D eigenvalue weighted by Gasteiger charge is -2.45. The summed E-state index contributed by atoms with van der Waals surface area (Å²) < 4.78 is 7.01. The zero-order chi connectivity index (χ0) is 17.9. The van der Waals surface area contributed by atoms with E-state index in [-0.39, 0.29) is 12.0 Å². The van der Waals surface area contributed by atoms with E-state index in [1.54, 1.807) is 0 Å². The molecule has 0 spiro atoms. The Morgan fingerprint density at radius 2 is 1.52 bits per heavy atom. The van der Waals surface area contributed by atoms with Crippen LogP contribution in [0.15, 0.2) is 11.1 Å². The lowest BCUT2D eigenvalue weighted by molar-refractivity contribution is -0.119. The topological polar surface area (TPSA) is 26.3 Å². The van der Waals surface area contributed by atoms with Crippen LogP contribution in [-0.4, -0.2) is 20.2 Å². The highest BCUT2D eigenvalue weighted by molar-refractivity contribution is 6.77. The highest BCUT2D eigenvalue weighted by Gasteiger charge is 2.50. The van der Waals surface area contributed by atoms with Gasteiger partial charge in [0, 0.05) is 5.92 Å². The quantitative estimate of drug-likeness (QED) is 0.487. The van der Waals surface area contributed by atoms with Crippen LogP contribution in [0.2, 0.25) is 16.6 Å². The summed E-state index contributed by atoms with van der Waals surface area (Å²) in [5, 5.41) is 0. The van der Waals surface area contributed by atoms with Gasteiger partial charge in [-0.25, -0.2) is 0 Å². The molecule has 0 saturated carbocycles. The van der Waals surface area contributed by atoms with Gasteiger partial charge in [0.1, 0.15) is 0 Å². The van der Waals surface area contributed by atoms with Crippen molar-refractivity contribution in [1.82, 2.24) is 0 Å². The molecule has 0 heterocycles. The number of rotatable bonds is 8. The van der Waals surface area contributed by atoms with Gasteiger partial charge in [-0.1, -0.05) is 61.8 Å². The molecule has 0 amide bonds. The molecule has 134 valence electrons. The van der Waals surface area contributed by atoms with Crippen molar-refractivity contribution in [2.75, 3.05) is 0 Å². The van der Waals surface area contributed by atoms with E-state index < -0.39 is 8.32 Å². The second kappa shape index (κ2) is 8.11. The minimum atomic E-state index is -1.96. The molecular weight excluding hydrogens is 300 g/mol. The molecule has 0 aliphatic heterocycles. The van der Waals surface area contributed by atoms with Gasteiger partial charge >= 0.3 is 0 Å². The average molecular weight is 339 g/mol. The van der Waals surface area contributed by atoms with E-state index in [2.05, 4.69) is 55.4 Å². The van der Waals surface area contributed by atoms with E-state index in [4.69, 9.17) is 4.43 Å². The third kappa shape index (κ3) is 3.82. The van der Waals surface area contributed by atoms with Crippen LogP contribution < -0.4 is 0 Å². The SMILES string of the molecule is CCCCC1=C(C)C(=O)[C@H](C)[C@@H]1O[Si](C(C)C)(C(C)C)C(C)C. The molecule has 0 aromatic carbocycles. The summed E-state index contributed by atoms with van der Waals surface area (Å²) in [4.78, 5) is 12.6. The second-order valence-electron chi connectivity index (χ2n) is 8.26. The van der Waals surface area contributed by atoms with Crippen LogP contribution in [0.5, 0.6) is 0 Å². The van der Waals surface area contributed by atoms with Crippen LogP contribution >= 0.6 is 0 Å². The van der Waals surface area contributed by atoms with Crippen LogP contribution in [0.25, 0.3) is 0 Å². The second-order valence-corrected chi connectivity index (χ2v) is 13.7. The van der Waals surface area contributed by atoms with E-state index in [1.807, 2.05) is 6.92 Å². The van der Waals surface area contributed by atoms with Gasteiger partial charge in [0.15, 0.2) is 5.78 Å². The molecule has 0 N–H and O–H groups in total. The monoisotopic (exact) mass is 338 g/mol. The predicted octanol–water partition coefficient (Wildman–Crippen LogP) is 6.27. The first-order chi connectivity index (χ1) is 10.6. The molecule has 1 aliphatic rings. The highest BCUT2D eigenvalue weighted by Crippen LogP contribution is 2.46. The number of hydrogen-bond donors (Lipinski definition) is 0. The van der Waals surface area contributed by atoms with Crippen LogP contribution in [-0.2, 0) is 9.22 Å². The first-order valence-electron chi connectivity index (χ1n) is 9.52. The Morgan fingerprint density at radius 1 is 1.04 bits per heavy atom. The molecular formula is C20H38O2Si. The van der Waals surface area contributed by atoms with Crippen LogP contribution in [0, 0.1) is 5.92 Å². The van der Waals surface area contributed by atoms with Crippen molar-refractivity contribution >= 4 is 14.1 Å². The van der Waals surface area contributed by atoms with Crippen molar-refractivity contribution in [3.05, 3.63) is 11.1 Å². The van der Waals surface area contributed by atoms with Gasteiger partial charge in [-0.3, -0.25) is 4.79 Å². The number of Topliss-reactive ketones (excluding diaryl/α,β-unsaturated/α-hetero) is 1. The predicted molar refractivity (Wildman–Crippen MR) is 102 cm³/mol. The number of unbranched alkanes of at least 4 members (excludes halogenated alkanes) is 1. The van der Waals surface area contributed by atoms with E-state index in [0.717, 1.165) is 24.8 Å². The van der Waals surface area contributed by atoms with Gasteiger partial charge < -0.3 is 4.43 Å². The first kappa shape index (κ1) is 20.6. The number of hydrogen-bond acceptors (Lipinski definition) is 2. The number of carbonyl (C=O) groups excluding carboxylic acids is 1.